The minimum absolute atomic E-state index is 0.0711. The van der Waals surface area contributed by atoms with Crippen molar-refractivity contribution in [1.29, 1.82) is 0 Å². The minimum Gasteiger partial charge on any atom is -0.497 e. The minimum atomic E-state index is -0.267. The lowest BCUT2D eigenvalue weighted by atomic mass is 10.1. The van der Waals surface area contributed by atoms with Crippen LogP contribution >= 0.6 is 11.3 Å². The lowest BCUT2D eigenvalue weighted by Gasteiger charge is -2.05. The SMILES string of the molecule is CCC(=O)Nc1ccc(C(=O)Nc2nnc(CCc3ccc(OC)cc3)s2)cc1. The third kappa shape index (κ3) is 5.86. The number of nitrogens with one attached hydrogen (secondary N) is 2. The van der Waals surface area contributed by atoms with Gasteiger partial charge in [-0.05, 0) is 48.4 Å². The molecule has 2 aromatic carbocycles. The van der Waals surface area contributed by atoms with Crippen molar-refractivity contribution in [2.75, 3.05) is 17.7 Å². The summed E-state index contributed by atoms with van der Waals surface area (Å²) in [5, 5.41) is 15.0. The van der Waals surface area contributed by atoms with E-state index in [4.69, 9.17) is 4.74 Å². The molecule has 1 aromatic heterocycles. The van der Waals surface area contributed by atoms with Gasteiger partial charge >= 0.3 is 0 Å². The van der Waals surface area contributed by atoms with E-state index in [0.717, 1.165) is 23.6 Å². The van der Waals surface area contributed by atoms with Crippen LogP contribution in [-0.2, 0) is 17.6 Å². The molecule has 7 nitrogen and oxygen atoms in total. The Morgan fingerprint density at radius 2 is 1.69 bits per heavy atom. The molecule has 0 saturated carbocycles. The van der Waals surface area contributed by atoms with Crippen molar-refractivity contribution in [3.63, 3.8) is 0 Å². The summed E-state index contributed by atoms with van der Waals surface area (Å²) in [7, 11) is 1.64. The molecule has 150 valence electrons. The number of aromatic nitrogens is 2. The zero-order valence-corrected chi connectivity index (χ0v) is 17.1. The van der Waals surface area contributed by atoms with E-state index in [1.165, 1.54) is 16.9 Å². The lowest BCUT2D eigenvalue weighted by molar-refractivity contribution is -0.115. The average molecular weight is 410 g/mol. The number of hydrogen-bond acceptors (Lipinski definition) is 6. The summed E-state index contributed by atoms with van der Waals surface area (Å²) in [5.41, 5.74) is 2.32. The molecule has 0 aliphatic rings. The summed E-state index contributed by atoms with van der Waals surface area (Å²) in [4.78, 5) is 23.8. The van der Waals surface area contributed by atoms with E-state index in [1.807, 2.05) is 24.3 Å². The van der Waals surface area contributed by atoms with Gasteiger partial charge in [-0.2, -0.15) is 0 Å². The number of carbonyl (C=O) groups is 2. The number of benzene rings is 2. The molecule has 2 N–H and O–H groups in total. The molecule has 0 saturated heterocycles. The number of amides is 2. The van der Waals surface area contributed by atoms with Crippen LogP contribution in [0, 0.1) is 0 Å². The summed E-state index contributed by atoms with van der Waals surface area (Å²) in [6.45, 7) is 1.78. The summed E-state index contributed by atoms with van der Waals surface area (Å²) >= 11 is 1.36. The van der Waals surface area contributed by atoms with Gasteiger partial charge in [-0.15, -0.1) is 10.2 Å². The molecule has 0 spiro atoms. The molecular weight excluding hydrogens is 388 g/mol. The Morgan fingerprint density at radius 3 is 2.34 bits per heavy atom. The fraction of sp³-hybridized carbons (Fsp3) is 0.238. The van der Waals surface area contributed by atoms with Crippen LogP contribution < -0.4 is 15.4 Å². The van der Waals surface area contributed by atoms with Crippen molar-refractivity contribution < 1.29 is 14.3 Å². The van der Waals surface area contributed by atoms with Gasteiger partial charge in [0.2, 0.25) is 11.0 Å². The Kier molecular flexibility index (Phi) is 6.91. The van der Waals surface area contributed by atoms with Crippen molar-refractivity contribution in [2.24, 2.45) is 0 Å². The average Bonchev–Trinajstić information content (AvgIpc) is 3.20. The fourth-order valence-corrected chi connectivity index (χ4v) is 3.31. The van der Waals surface area contributed by atoms with Gasteiger partial charge in [0.25, 0.3) is 5.91 Å². The molecule has 29 heavy (non-hydrogen) atoms. The summed E-state index contributed by atoms with van der Waals surface area (Å²) in [6.07, 6.45) is 1.98. The van der Waals surface area contributed by atoms with Crippen LogP contribution in [0.2, 0.25) is 0 Å². The molecule has 0 radical (unpaired) electrons. The highest BCUT2D eigenvalue weighted by Crippen LogP contribution is 2.19. The maximum absolute atomic E-state index is 12.4. The van der Waals surface area contributed by atoms with E-state index in [2.05, 4.69) is 20.8 Å². The van der Waals surface area contributed by atoms with Crippen molar-refractivity contribution in [3.05, 3.63) is 64.7 Å². The Bertz CT molecular complexity index is 968. The highest BCUT2D eigenvalue weighted by molar-refractivity contribution is 7.15. The topological polar surface area (TPSA) is 93.2 Å². The molecule has 0 atom stereocenters. The van der Waals surface area contributed by atoms with Gasteiger partial charge < -0.3 is 10.1 Å². The molecule has 0 bridgehead atoms. The highest BCUT2D eigenvalue weighted by atomic mass is 32.1. The molecule has 1 heterocycles. The molecule has 2 amide bonds. The second-order valence-corrected chi connectivity index (χ2v) is 7.34. The molecule has 0 aliphatic carbocycles. The quantitative estimate of drug-likeness (QED) is 0.587. The molecular formula is C21H22N4O3S. The number of rotatable bonds is 8. The maximum atomic E-state index is 12.4. The number of nitrogens with zero attached hydrogens (tertiary/aromatic N) is 2. The molecule has 0 unspecified atom stereocenters. The van der Waals surface area contributed by atoms with Gasteiger partial charge in [0, 0.05) is 24.1 Å². The normalized spacial score (nSPS) is 10.4. The zero-order valence-electron chi connectivity index (χ0n) is 16.3. The van der Waals surface area contributed by atoms with Crippen LogP contribution in [0.4, 0.5) is 10.8 Å². The zero-order chi connectivity index (χ0) is 20.6. The third-order valence-electron chi connectivity index (χ3n) is 4.23. The van der Waals surface area contributed by atoms with Crippen molar-refractivity contribution in [2.45, 2.75) is 26.2 Å². The van der Waals surface area contributed by atoms with Crippen molar-refractivity contribution in [3.8, 4) is 5.75 Å². The van der Waals surface area contributed by atoms with E-state index in [1.54, 1.807) is 38.3 Å². The number of anilines is 2. The van der Waals surface area contributed by atoms with Gasteiger partial charge in [0.15, 0.2) is 0 Å². The first-order valence-electron chi connectivity index (χ1n) is 9.24. The largest absolute Gasteiger partial charge is 0.497 e. The first-order valence-corrected chi connectivity index (χ1v) is 10.1. The Morgan fingerprint density at radius 1 is 0.966 bits per heavy atom. The van der Waals surface area contributed by atoms with Crippen molar-refractivity contribution in [1.82, 2.24) is 10.2 Å². The molecule has 8 heteroatoms. The van der Waals surface area contributed by atoms with E-state index in [0.29, 0.717) is 22.8 Å². The van der Waals surface area contributed by atoms with Crippen LogP contribution in [-0.4, -0.2) is 29.1 Å². The third-order valence-corrected chi connectivity index (χ3v) is 5.12. The molecule has 0 fully saturated rings. The summed E-state index contributed by atoms with van der Waals surface area (Å²) in [6, 6.07) is 14.6. The predicted octanol–water partition coefficient (Wildman–Crippen LogP) is 3.93. The van der Waals surface area contributed by atoms with E-state index < -0.39 is 0 Å². The lowest BCUT2D eigenvalue weighted by Crippen LogP contribution is -2.12. The van der Waals surface area contributed by atoms with E-state index in [9.17, 15) is 9.59 Å². The van der Waals surface area contributed by atoms with Crippen molar-refractivity contribution >= 4 is 34.0 Å². The molecule has 3 rings (SSSR count). The standard InChI is InChI=1S/C21H22N4O3S/c1-3-18(26)22-16-9-7-15(8-10-16)20(27)23-21-25-24-19(29-21)13-6-14-4-11-17(28-2)12-5-14/h4-5,7-12H,3,6,13H2,1-2H3,(H,22,26)(H,23,25,27). The fourth-order valence-electron chi connectivity index (χ4n) is 2.57. The predicted molar refractivity (Wildman–Crippen MR) is 114 cm³/mol. The van der Waals surface area contributed by atoms with Gasteiger partial charge in [-0.3, -0.25) is 14.9 Å². The second-order valence-electron chi connectivity index (χ2n) is 6.28. The highest BCUT2D eigenvalue weighted by Gasteiger charge is 2.11. The first kappa shape index (κ1) is 20.5. The van der Waals surface area contributed by atoms with Crippen LogP contribution in [0.25, 0.3) is 0 Å². The number of carbonyl (C=O) groups excluding carboxylic acids is 2. The van der Waals surface area contributed by atoms with Gasteiger partial charge in [0.05, 0.1) is 7.11 Å². The van der Waals surface area contributed by atoms with Crippen LogP contribution in [0.3, 0.4) is 0 Å². The van der Waals surface area contributed by atoms with Crippen LogP contribution in [0.15, 0.2) is 48.5 Å². The van der Waals surface area contributed by atoms with Gasteiger partial charge in [-0.25, -0.2) is 0 Å². The number of methoxy groups -OCH3 is 1. The first-order chi connectivity index (χ1) is 14.1. The Hall–Kier alpha value is -3.26. The monoisotopic (exact) mass is 410 g/mol. The van der Waals surface area contributed by atoms with E-state index >= 15 is 0 Å². The number of ether oxygens (including phenoxy) is 1. The Balaban J connectivity index is 1.53. The van der Waals surface area contributed by atoms with Gasteiger partial charge in [0.1, 0.15) is 10.8 Å². The molecule has 0 aliphatic heterocycles. The summed E-state index contributed by atoms with van der Waals surface area (Å²) < 4.78 is 5.16. The maximum Gasteiger partial charge on any atom is 0.257 e. The summed E-state index contributed by atoms with van der Waals surface area (Å²) in [5.74, 6) is 0.491. The smallest absolute Gasteiger partial charge is 0.257 e. The number of hydrogen-bond donors (Lipinski definition) is 2. The van der Waals surface area contributed by atoms with E-state index in [-0.39, 0.29) is 11.8 Å². The van der Waals surface area contributed by atoms with Crippen LogP contribution in [0.1, 0.15) is 34.3 Å². The van der Waals surface area contributed by atoms with Crippen LogP contribution in [0.5, 0.6) is 5.75 Å². The Labute approximate surface area is 173 Å². The van der Waals surface area contributed by atoms with Gasteiger partial charge in [-0.1, -0.05) is 30.4 Å². The number of aryl methyl sites for hydroxylation is 2. The molecule has 3 aromatic rings. The second kappa shape index (κ2) is 9.79.